The summed E-state index contributed by atoms with van der Waals surface area (Å²) in [5, 5.41) is 12.6. The lowest BCUT2D eigenvalue weighted by atomic mass is 9.95. The number of aliphatic imine (C=N–C) groups is 1. The van der Waals surface area contributed by atoms with Gasteiger partial charge in [-0.3, -0.25) is 14.1 Å². The van der Waals surface area contributed by atoms with Crippen LogP contribution in [0.5, 0.6) is 0 Å². The van der Waals surface area contributed by atoms with Gasteiger partial charge >= 0.3 is 0 Å². The molecule has 1 N–H and O–H groups in total. The summed E-state index contributed by atoms with van der Waals surface area (Å²) in [6.07, 6.45) is 1.72. The van der Waals surface area contributed by atoms with Gasteiger partial charge in [-0.25, -0.2) is 8.42 Å². The minimum Gasteiger partial charge on any atom is -0.455 e. The molecule has 9 heteroatoms. The third-order valence-corrected chi connectivity index (χ3v) is 8.93. The molecular formula is C34H28N4O4S. The van der Waals surface area contributed by atoms with E-state index >= 15 is 0 Å². The van der Waals surface area contributed by atoms with Gasteiger partial charge in [0.2, 0.25) is 10.0 Å². The molecule has 0 saturated heterocycles. The highest BCUT2D eigenvalue weighted by Gasteiger charge is 2.26. The van der Waals surface area contributed by atoms with Crippen molar-refractivity contribution in [1.82, 2.24) is 5.32 Å². The van der Waals surface area contributed by atoms with Crippen LogP contribution in [-0.4, -0.2) is 40.4 Å². The van der Waals surface area contributed by atoms with Crippen molar-refractivity contribution in [2.24, 2.45) is 4.99 Å². The van der Waals surface area contributed by atoms with Crippen molar-refractivity contribution in [3.63, 3.8) is 0 Å². The molecular weight excluding hydrogens is 560 g/mol. The van der Waals surface area contributed by atoms with Gasteiger partial charge in [-0.2, -0.15) is 5.26 Å². The van der Waals surface area contributed by atoms with Gasteiger partial charge < -0.3 is 9.73 Å². The SMILES string of the molecule is CNC(=O)c1c(-c2ccc(C)cc2)oc2cc(N(C)S(C)(=O)=O)c(-c3cccc(C4=Nc5ccc(C#N)cc5C4)c3)cc12. The molecule has 0 aliphatic carbocycles. The number of aryl methyl sites for hydroxylation is 1. The van der Waals surface area contributed by atoms with E-state index in [0.29, 0.717) is 45.5 Å². The van der Waals surface area contributed by atoms with Crippen LogP contribution in [0.4, 0.5) is 11.4 Å². The molecule has 4 aromatic carbocycles. The minimum atomic E-state index is -3.64. The van der Waals surface area contributed by atoms with Crippen molar-refractivity contribution >= 4 is 44.0 Å². The van der Waals surface area contributed by atoms with E-state index in [0.717, 1.165) is 45.5 Å². The quantitative estimate of drug-likeness (QED) is 0.247. The van der Waals surface area contributed by atoms with Crippen LogP contribution < -0.4 is 9.62 Å². The molecule has 1 aliphatic rings. The molecule has 0 spiro atoms. The summed E-state index contributed by atoms with van der Waals surface area (Å²) in [7, 11) is -0.579. The Kier molecular flexibility index (Phi) is 6.87. The standard InChI is InChI=1S/C34H28N4O4S/c1-20-8-11-22(12-9-20)33-32(34(39)36-2)27-17-26(30(18-31(27)42-33)38(3)43(4,40)41)23-6-5-7-24(15-23)29-16-25-14-21(19-35)10-13-28(25)37-29/h5-15,17-18H,16H2,1-4H3,(H,36,39). The third-order valence-electron chi connectivity index (χ3n) is 7.74. The van der Waals surface area contributed by atoms with Gasteiger partial charge in [0.1, 0.15) is 11.3 Å². The molecule has 1 amide bonds. The fourth-order valence-electron chi connectivity index (χ4n) is 5.37. The Bertz CT molecular complexity index is 2120. The van der Waals surface area contributed by atoms with Crippen LogP contribution in [0.1, 0.15) is 32.6 Å². The van der Waals surface area contributed by atoms with Crippen LogP contribution >= 0.6 is 0 Å². The average molecular weight is 589 g/mol. The van der Waals surface area contributed by atoms with E-state index in [-0.39, 0.29) is 5.91 Å². The van der Waals surface area contributed by atoms with Gasteiger partial charge in [0, 0.05) is 43.1 Å². The Balaban J connectivity index is 1.55. The fraction of sp³-hybridized carbons (Fsp3) is 0.147. The number of carbonyl (C=O) groups excluding carboxylic acids is 1. The second kappa shape index (κ2) is 10.6. The van der Waals surface area contributed by atoms with Crippen LogP contribution in [0, 0.1) is 18.3 Å². The fourth-order valence-corrected chi connectivity index (χ4v) is 5.87. The van der Waals surface area contributed by atoms with Crippen molar-refractivity contribution in [2.75, 3.05) is 24.7 Å². The number of hydrogen-bond acceptors (Lipinski definition) is 6. The number of furan rings is 1. The highest BCUT2D eigenvalue weighted by atomic mass is 32.2. The number of anilines is 1. The summed E-state index contributed by atoms with van der Waals surface area (Å²) < 4.78 is 33.0. The number of benzene rings is 4. The van der Waals surface area contributed by atoms with Gasteiger partial charge in [-0.15, -0.1) is 0 Å². The summed E-state index contributed by atoms with van der Waals surface area (Å²) in [4.78, 5) is 18.0. The van der Waals surface area contributed by atoms with Crippen molar-refractivity contribution < 1.29 is 17.6 Å². The van der Waals surface area contributed by atoms with E-state index in [1.165, 1.54) is 11.4 Å². The number of amides is 1. The zero-order valence-corrected chi connectivity index (χ0v) is 24.9. The number of nitriles is 1. The Labute approximate surface area is 250 Å². The summed E-state index contributed by atoms with van der Waals surface area (Å²) in [6, 6.07) is 26.5. The van der Waals surface area contributed by atoms with Crippen LogP contribution in [-0.2, 0) is 16.4 Å². The maximum atomic E-state index is 13.2. The number of rotatable bonds is 6. The number of nitrogens with one attached hydrogen (secondary N) is 1. The predicted molar refractivity (Wildman–Crippen MR) is 170 cm³/mol. The van der Waals surface area contributed by atoms with Gasteiger partial charge in [0.05, 0.1) is 40.5 Å². The normalized spacial score (nSPS) is 12.5. The summed E-state index contributed by atoms with van der Waals surface area (Å²) in [5.41, 5.74) is 8.47. The summed E-state index contributed by atoms with van der Waals surface area (Å²) in [6.45, 7) is 1.98. The number of sulfonamides is 1. The average Bonchev–Trinajstić information content (AvgIpc) is 3.60. The monoisotopic (exact) mass is 588 g/mol. The molecule has 0 radical (unpaired) electrons. The van der Waals surface area contributed by atoms with E-state index in [1.807, 2.05) is 73.7 Å². The first-order chi connectivity index (χ1) is 20.6. The Hall–Kier alpha value is -5.20. The maximum Gasteiger partial charge on any atom is 0.255 e. The van der Waals surface area contributed by atoms with E-state index in [1.54, 1.807) is 19.2 Å². The number of hydrogen-bond donors (Lipinski definition) is 1. The molecule has 0 atom stereocenters. The second-order valence-electron chi connectivity index (χ2n) is 10.6. The maximum absolute atomic E-state index is 13.2. The minimum absolute atomic E-state index is 0.312. The predicted octanol–water partition coefficient (Wildman–Crippen LogP) is 6.38. The van der Waals surface area contributed by atoms with Crippen LogP contribution in [0.3, 0.4) is 0 Å². The van der Waals surface area contributed by atoms with Gasteiger partial charge in [-0.05, 0) is 53.9 Å². The Morgan fingerprint density at radius 2 is 1.74 bits per heavy atom. The van der Waals surface area contributed by atoms with E-state index in [2.05, 4.69) is 11.4 Å². The van der Waals surface area contributed by atoms with Gasteiger partial charge in [0.25, 0.3) is 5.91 Å². The largest absolute Gasteiger partial charge is 0.455 e. The summed E-state index contributed by atoms with van der Waals surface area (Å²) >= 11 is 0. The molecule has 0 fully saturated rings. The number of fused-ring (bicyclic) bond motifs is 2. The molecule has 1 aliphatic heterocycles. The lowest BCUT2D eigenvalue weighted by molar-refractivity contribution is 0.0964. The van der Waals surface area contributed by atoms with Crippen LogP contribution in [0.2, 0.25) is 0 Å². The molecule has 6 rings (SSSR count). The summed E-state index contributed by atoms with van der Waals surface area (Å²) in [5.74, 6) is 0.0936. The lowest BCUT2D eigenvalue weighted by Gasteiger charge is -2.21. The Morgan fingerprint density at radius 3 is 2.44 bits per heavy atom. The topological polar surface area (TPSA) is 116 Å². The second-order valence-corrected chi connectivity index (χ2v) is 12.6. The smallest absolute Gasteiger partial charge is 0.255 e. The van der Waals surface area contributed by atoms with E-state index < -0.39 is 10.0 Å². The third kappa shape index (κ3) is 5.07. The molecule has 0 unspecified atom stereocenters. The first kappa shape index (κ1) is 27.9. The molecule has 5 aromatic rings. The molecule has 2 heterocycles. The van der Waals surface area contributed by atoms with Crippen molar-refractivity contribution in [3.8, 4) is 28.5 Å². The molecule has 214 valence electrons. The Morgan fingerprint density at radius 1 is 1.00 bits per heavy atom. The zero-order valence-electron chi connectivity index (χ0n) is 24.1. The van der Waals surface area contributed by atoms with Crippen molar-refractivity contribution in [1.29, 1.82) is 5.26 Å². The lowest BCUT2D eigenvalue weighted by Crippen LogP contribution is -2.25. The highest BCUT2D eigenvalue weighted by Crippen LogP contribution is 2.42. The van der Waals surface area contributed by atoms with Crippen molar-refractivity contribution in [3.05, 3.63) is 107 Å². The van der Waals surface area contributed by atoms with E-state index in [9.17, 15) is 18.5 Å². The molecule has 0 saturated carbocycles. The van der Waals surface area contributed by atoms with Gasteiger partial charge in [-0.1, -0.05) is 48.0 Å². The number of carbonyl (C=O) groups is 1. The van der Waals surface area contributed by atoms with Crippen LogP contribution in [0.25, 0.3) is 33.4 Å². The first-order valence-electron chi connectivity index (χ1n) is 13.6. The van der Waals surface area contributed by atoms with Gasteiger partial charge in [0.15, 0.2) is 0 Å². The zero-order chi connectivity index (χ0) is 30.5. The number of nitrogens with zero attached hydrogens (tertiary/aromatic N) is 3. The first-order valence-corrected chi connectivity index (χ1v) is 15.5. The molecule has 1 aromatic heterocycles. The molecule has 0 bridgehead atoms. The van der Waals surface area contributed by atoms with Crippen LogP contribution in [0.15, 0.2) is 88.3 Å². The van der Waals surface area contributed by atoms with Crippen molar-refractivity contribution in [2.45, 2.75) is 13.3 Å². The molecule has 8 nitrogen and oxygen atoms in total. The van der Waals surface area contributed by atoms with E-state index in [4.69, 9.17) is 9.41 Å². The highest BCUT2D eigenvalue weighted by molar-refractivity contribution is 7.92. The molecule has 43 heavy (non-hydrogen) atoms.